The lowest BCUT2D eigenvalue weighted by molar-refractivity contribution is -0.139. The number of alkyl halides is 2. The second-order valence-corrected chi connectivity index (χ2v) is 12.6. The van der Waals surface area contributed by atoms with Gasteiger partial charge in [-0.1, -0.05) is 12.1 Å². The third-order valence-electron chi connectivity index (χ3n) is 8.33. The maximum Gasteiger partial charge on any atom is 0.338 e. The first kappa shape index (κ1) is 30.2. The maximum absolute atomic E-state index is 15.6. The number of nitriles is 1. The third kappa shape index (κ3) is 5.82. The van der Waals surface area contributed by atoms with Gasteiger partial charge in [-0.05, 0) is 57.7 Å². The lowest BCUT2D eigenvalue weighted by Gasteiger charge is -2.31. The van der Waals surface area contributed by atoms with Crippen LogP contribution in [0.4, 0.5) is 13.2 Å². The molecule has 224 valence electrons. The third-order valence-corrected chi connectivity index (χ3v) is 9.11. The van der Waals surface area contributed by atoms with Gasteiger partial charge in [0.2, 0.25) is 0 Å². The van der Waals surface area contributed by atoms with Crippen molar-refractivity contribution in [1.82, 2.24) is 20.1 Å². The Kier molecular flexibility index (Phi) is 8.47. The van der Waals surface area contributed by atoms with Crippen LogP contribution < -0.4 is 5.32 Å². The fourth-order valence-electron chi connectivity index (χ4n) is 6.12. The van der Waals surface area contributed by atoms with Crippen LogP contribution in [0.25, 0.3) is 0 Å². The number of aliphatic imine (C=N–C) groups is 1. The molecule has 0 unspecified atom stereocenters. The number of rotatable bonds is 9. The zero-order valence-electron chi connectivity index (χ0n) is 24.2. The number of thiazole rings is 1. The summed E-state index contributed by atoms with van der Waals surface area (Å²) in [5.74, 6) is -3.67. The van der Waals surface area contributed by atoms with Gasteiger partial charge >= 0.3 is 5.97 Å². The molecule has 0 radical (unpaired) electrons. The largest absolute Gasteiger partial charge is 0.463 e. The number of aromatic nitrogens is 1. The van der Waals surface area contributed by atoms with Crippen LogP contribution in [0, 0.1) is 29.5 Å². The molecule has 8 nitrogen and oxygen atoms in total. The molecule has 3 aliphatic heterocycles. The lowest BCUT2D eigenvalue weighted by atomic mass is 9.91. The minimum atomic E-state index is -2.98. The van der Waals surface area contributed by atoms with Gasteiger partial charge in [-0.15, -0.1) is 11.3 Å². The number of hydrogen-bond donors (Lipinski definition) is 1. The maximum atomic E-state index is 15.6. The standard InChI is InChI=1S/C30H35F3N6O2S/c1-5-41-28(40)23-21(15-39-17-30(32,33)25-22(39)9-12-38(25)13-10-29(3,4)16-34)36-26(27-35-11-14-42-27)37-24(23)19-7-6-8-20(31)18(19)2/h6-8,11,14,22,24-25H,5,9-10,12-13,15,17H2,1-4H3,(H,36,37)/t22-,24-,25+/m0/s1. The number of benzene rings is 1. The van der Waals surface area contributed by atoms with Gasteiger partial charge in [0, 0.05) is 43.0 Å². The molecule has 0 bridgehead atoms. The number of likely N-dealkylation sites (tertiary alicyclic amines) is 2. The zero-order chi connectivity index (χ0) is 30.2. The molecule has 0 amide bonds. The van der Waals surface area contributed by atoms with Crippen molar-refractivity contribution in [3.63, 3.8) is 0 Å². The number of esters is 1. The summed E-state index contributed by atoms with van der Waals surface area (Å²) < 4.78 is 51.4. The van der Waals surface area contributed by atoms with E-state index >= 15 is 8.78 Å². The van der Waals surface area contributed by atoms with Crippen LogP contribution in [0.2, 0.25) is 0 Å². The van der Waals surface area contributed by atoms with Crippen molar-refractivity contribution in [2.24, 2.45) is 10.4 Å². The molecule has 0 spiro atoms. The highest BCUT2D eigenvalue weighted by Gasteiger charge is 2.59. The molecule has 2 saturated heterocycles. The van der Waals surface area contributed by atoms with E-state index in [0.717, 1.165) is 0 Å². The minimum absolute atomic E-state index is 0.0255. The number of amidine groups is 1. The highest BCUT2D eigenvalue weighted by molar-refractivity contribution is 7.11. The van der Waals surface area contributed by atoms with Crippen molar-refractivity contribution in [3.05, 3.63) is 63.0 Å². The number of nitrogens with zero attached hydrogens (tertiary/aromatic N) is 5. The Labute approximate surface area is 247 Å². The van der Waals surface area contributed by atoms with Crippen LogP contribution in [0.15, 0.2) is 46.0 Å². The number of halogens is 3. The zero-order valence-corrected chi connectivity index (χ0v) is 25.0. The Morgan fingerprint density at radius 1 is 1.33 bits per heavy atom. The molecule has 3 atom stereocenters. The second-order valence-electron chi connectivity index (χ2n) is 11.7. The Morgan fingerprint density at radius 2 is 2.12 bits per heavy atom. The minimum Gasteiger partial charge on any atom is -0.463 e. The molecule has 2 fully saturated rings. The van der Waals surface area contributed by atoms with Crippen molar-refractivity contribution in [2.45, 2.75) is 64.6 Å². The van der Waals surface area contributed by atoms with Crippen LogP contribution in [-0.2, 0) is 9.53 Å². The van der Waals surface area contributed by atoms with Crippen LogP contribution in [0.5, 0.6) is 0 Å². The van der Waals surface area contributed by atoms with Gasteiger partial charge in [0.25, 0.3) is 5.92 Å². The average Bonchev–Trinajstić information content (AvgIpc) is 3.68. The van der Waals surface area contributed by atoms with E-state index in [4.69, 9.17) is 9.73 Å². The predicted octanol–water partition coefficient (Wildman–Crippen LogP) is 4.83. The smallest absolute Gasteiger partial charge is 0.338 e. The molecule has 2 aromatic rings. The fraction of sp³-hybridized carbons (Fsp3) is 0.533. The van der Waals surface area contributed by atoms with Crippen LogP contribution >= 0.6 is 11.3 Å². The molecule has 5 rings (SSSR count). The molecule has 1 aromatic carbocycles. The van der Waals surface area contributed by atoms with Crippen molar-refractivity contribution in [1.29, 1.82) is 5.26 Å². The van der Waals surface area contributed by atoms with Gasteiger partial charge in [-0.3, -0.25) is 14.8 Å². The summed E-state index contributed by atoms with van der Waals surface area (Å²) in [6.45, 7) is 7.50. The van der Waals surface area contributed by atoms with Crippen LogP contribution in [0.1, 0.15) is 55.8 Å². The molecule has 0 saturated carbocycles. The summed E-state index contributed by atoms with van der Waals surface area (Å²) in [5.41, 5.74) is 0.786. The quantitative estimate of drug-likeness (QED) is 0.412. The second kappa shape index (κ2) is 11.8. The molecular formula is C30H35F3N6O2S. The molecule has 12 heteroatoms. The van der Waals surface area contributed by atoms with Crippen molar-refractivity contribution in [2.75, 3.05) is 32.8 Å². The van der Waals surface area contributed by atoms with Crippen LogP contribution in [-0.4, -0.2) is 77.4 Å². The van der Waals surface area contributed by atoms with Gasteiger partial charge in [0.1, 0.15) is 11.9 Å². The van der Waals surface area contributed by atoms with Crippen molar-refractivity contribution < 1.29 is 22.7 Å². The van der Waals surface area contributed by atoms with Crippen molar-refractivity contribution >= 4 is 23.1 Å². The molecular weight excluding hydrogens is 565 g/mol. The normalized spacial score (nSPS) is 24.2. The van der Waals surface area contributed by atoms with Gasteiger partial charge < -0.3 is 10.1 Å². The number of fused-ring (bicyclic) bond motifs is 1. The van der Waals surface area contributed by atoms with E-state index in [1.54, 1.807) is 47.4 Å². The van der Waals surface area contributed by atoms with E-state index in [-0.39, 0.29) is 18.7 Å². The van der Waals surface area contributed by atoms with E-state index < -0.39 is 47.8 Å². The van der Waals surface area contributed by atoms with Crippen molar-refractivity contribution in [3.8, 4) is 6.07 Å². The highest BCUT2D eigenvalue weighted by Crippen LogP contribution is 2.43. The van der Waals surface area contributed by atoms with E-state index in [2.05, 4.69) is 16.4 Å². The number of hydrogen-bond acceptors (Lipinski definition) is 9. The molecule has 42 heavy (non-hydrogen) atoms. The van der Waals surface area contributed by atoms with Gasteiger partial charge in [-0.25, -0.2) is 22.9 Å². The number of nitrogens with one attached hydrogen (secondary N) is 1. The lowest BCUT2D eigenvalue weighted by Crippen LogP contribution is -2.46. The summed E-state index contributed by atoms with van der Waals surface area (Å²) in [6, 6.07) is 4.52. The fourth-order valence-corrected chi connectivity index (χ4v) is 6.71. The summed E-state index contributed by atoms with van der Waals surface area (Å²) >= 11 is 1.34. The molecule has 4 heterocycles. The van der Waals surface area contributed by atoms with E-state index in [1.807, 2.05) is 13.8 Å². The Hall–Kier alpha value is -3.27. The highest BCUT2D eigenvalue weighted by atomic mass is 32.1. The number of ether oxygens (including phenoxy) is 1. The van der Waals surface area contributed by atoms with E-state index in [9.17, 15) is 14.4 Å². The predicted molar refractivity (Wildman–Crippen MR) is 154 cm³/mol. The summed E-state index contributed by atoms with van der Waals surface area (Å²) in [4.78, 5) is 26.2. The monoisotopic (exact) mass is 600 g/mol. The number of carbonyl (C=O) groups excluding carboxylic acids is 1. The first-order valence-corrected chi connectivity index (χ1v) is 15.0. The summed E-state index contributed by atoms with van der Waals surface area (Å²) in [5, 5.41) is 15.0. The van der Waals surface area contributed by atoms with Gasteiger partial charge in [0.05, 0.1) is 36.3 Å². The van der Waals surface area contributed by atoms with Gasteiger partial charge in [0.15, 0.2) is 10.8 Å². The number of carbonyl (C=O) groups is 1. The molecule has 1 aromatic heterocycles. The first-order valence-electron chi connectivity index (χ1n) is 14.1. The summed E-state index contributed by atoms with van der Waals surface area (Å²) in [7, 11) is 0. The van der Waals surface area contributed by atoms with E-state index in [0.29, 0.717) is 53.6 Å². The summed E-state index contributed by atoms with van der Waals surface area (Å²) in [6.07, 6.45) is 2.66. The van der Waals surface area contributed by atoms with E-state index in [1.165, 1.54) is 17.4 Å². The molecule has 3 aliphatic rings. The average molecular weight is 601 g/mol. The first-order chi connectivity index (χ1) is 20.0. The molecule has 0 aliphatic carbocycles. The Balaban J connectivity index is 1.52. The molecule has 1 N–H and O–H groups in total. The van der Waals surface area contributed by atoms with Gasteiger partial charge in [-0.2, -0.15) is 5.26 Å². The SMILES string of the molecule is CCOC(=O)C1=C(CN2CC(F)(F)[C@H]3[C@@H]2CCN3CCC(C)(C)C#N)NC(c2nccs2)=N[C@H]1c1cccc(F)c1C. The Morgan fingerprint density at radius 3 is 2.81 bits per heavy atom. The topological polar surface area (TPSA) is 93.8 Å². The Bertz CT molecular complexity index is 1430. The van der Waals surface area contributed by atoms with Crippen LogP contribution in [0.3, 0.4) is 0 Å².